The fourth-order valence-corrected chi connectivity index (χ4v) is 2.76. The summed E-state index contributed by atoms with van der Waals surface area (Å²) in [7, 11) is 0. The van der Waals surface area contributed by atoms with Crippen molar-refractivity contribution in [3.05, 3.63) is 0 Å². The highest BCUT2D eigenvalue weighted by Gasteiger charge is 2.38. The minimum Gasteiger partial charge on any atom is -0.304 e. The maximum atomic E-state index is 11.7. The van der Waals surface area contributed by atoms with E-state index in [1.807, 2.05) is 0 Å². The van der Waals surface area contributed by atoms with Crippen LogP contribution >= 0.6 is 18.1 Å². The molecule has 4 nitrogen and oxygen atoms in total. The average Bonchev–Trinajstić information content (AvgIpc) is 2.02. The molecule has 0 aromatic rings. The van der Waals surface area contributed by atoms with Crippen LogP contribution in [0.25, 0.3) is 0 Å². The second-order valence-electron chi connectivity index (χ2n) is 3.68. The maximum absolute atomic E-state index is 11.7. The summed E-state index contributed by atoms with van der Waals surface area (Å²) in [5, 5.41) is 2.44. The van der Waals surface area contributed by atoms with Crippen LogP contribution in [0, 0.1) is 0 Å². The predicted octanol–water partition coefficient (Wildman–Crippen LogP) is 1.19. The smallest absolute Gasteiger partial charge is 0.246 e. The van der Waals surface area contributed by atoms with E-state index in [0.29, 0.717) is 12.8 Å². The Labute approximate surface area is 93.9 Å². The molecule has 0 atom stereocenters. The average molecular weight is 256 g/mol. The standard InChI is InChI=1S/C7H15ClN3OPS/c8-7(4-2-1-3-5-7)6(12)11-13(9,10)14/h1-5H2,(H5,9,10,11,12,14). The minimum absolute atomic E-state index is 0.299. The van der Waals surface area contributed by atoms with E-state index in [1.54, 1.807) is 0 Å². The molecule has 0 bridgehead atoms. The van der Waals surface area contributed by atoms with E-state index >= 15 is 0 Å². The van der Waals surface area contributed by atoms with Gasteiger partial charge in [-0.1, -0.05) is 19.3 Å². The molecule has 0 aromatic carbocycles. The lowest BCUT2D eigenvalue weighted by Gasteiger charge is -2.30. The van der Waals surface area contributed by atoms with Crippen LogP contribution in [0.4, 0.5) is 0 Å². The molecule has 1 amide bonds. The first-order chi connectivity index (χ1) is 6.33. The lowest BCUT2D eigenvalue weighted by Crippen LogP contribution is -2.44. The van der Waals surface area contributed by atoms with Gasteiger partial charge in [-0.05, 0) is 24.6 Å². The summed E-state index contributed by atoms with van der Waals surface area (Å²) < 4.78 is 0. The zero-order valence-corrected chi connectivity index (χ0v) is 10.3. The highest BCUT2D eigenvalue weighted by atomic mass is 35.5. The summed E-state index contributed by atoms with van der Waals surface area (Å²) in [5.74, 6) is -0.299. The third-order valence-corrected chi connectivity index (χ3v) is 3.71. The summed E-state index contributed by atoms with van der Waals surface area (Å²) in [6.07, 6.45) is 4.41. The number of nitrogens with one attached hydrogen (secondary N) is 1. The number of hydrogen-bond acceptors (Lipinski definition) is 2. The van der Waals surface area contributed by atoms with Gasteiger partial charge in [0.2, 0.25) is 5.91 Å². The lowest BCUT2D eigenvalue weighted by molar-refractivity contribution is -0.122. The van der Waals surface area contributed by atoms with E-state index < -0.39 is 11.4 Å². The first-order valence-electron chi connectivity index (χ1n) is 4.52. The molecule has 0 unspecified atom stereocenters. The Balaban J connectivity index is 2.62. The van der Waals surface area contributed by atoms with Gasteiger partial charge < -0.3 is 5.09 Å². The molecule has 14 heavy (non-hydrogen) atoms. The van der Waals surface area contributed by atoms with E-state index in [2.05, 4.69) is 5.09 Å². The highest BCUT2D eigenvalue weighted by molar-refractivity contribution is 8.11. The van der Waals surface area contributed by atoms with Gasteiger partial charge in [0.05, 0.1) is 0 Å². The van der Waals surface area contributed by atoms with Crippen LogP contribution in [-0.4, -0.2) is 10.8 Å². The number of hydrogen-bond donors (Lipinski definition) is 3. The van der Waals surface area contributed by atoms with Crippen molar-refractivity contribution < 1.29 is 4.79 Å². The SMILES string of the molecule is NP(N)(=S)NC(=O)C1(Cl)CCCCC1. The number of carbonyl (C=O) groups is 1. The zero-order chi connectivity index (χ0) is 10.8. The summed E-state index contributed by atoms with van der Waals surface area (Å²) in [6.45, 7) is -2.68. The van der Waals surface area contributed by atoms with Gasteiger partial charge in [-0.2, -0.15) is 0 Å². The Bertz CT molecular complexity index is 274. The van der Waals surface area contributed by atoms with Gasteiger partial charge in [0.1, 0.15) is 4.87 Å². The topological polar surface area (TPSA) is 81.1 Å². The van der Waals surface area contributed by atoms with Crippen molar-refractivity contribution in [2.45, 2.75) is 37.0 Å². The molecule has 0 spiro atoms. The van der Waals surface area contributed by atoms with Crippen molar-refractivity contribution in [2.75, 3.05) is 0 Å². The van der Waals surface area contributed by atoms with Gasteiger partial charge in [0, 0.05) is 0 Å². The van der Waals surface area contributed by atoms with Crippen LogP contribution in [0.1, 0.15) is 32.1 Å². The van der Waals surface area contributed by atoms with Crippen LogP contribution < -0.4 is 16.1 Å². The number of rotatable bonds is 2. The molecule has 1 saturated carbocycles. The Morgan fingerprint density at radius 2 is 1.86 bits per heavy atom. The Morgan fingerprint density at radius 3 is 2.29 bits per heavy atom. The minimum atomic E-state index is -2.68. The first kappa shape index (κ1) is 12.4. The molecule has 82 valence electrons. The number of amides is 1. The summed E-state index contributed by atoms with van der Waals surface area (Å²) in [6, 6.07) is 0. The molecule has 1 fully saturated rings. The molecular weight excluding hydrogens is 241 g/mol. The molecule has 0 aliphatic heterocycles. The van der Waals surface area contributed by atoms with Crippen molar-refractivity contribution in [1.29, 1.82) is 0 Å². The Morgan fingerprint density at radius 1 is 1.36 bits per heavy atom. The number of nitrogens with two attached hydrogens (primary N) is 2. The quantitative estimate of drug-likeness (QED) is 0.511. The Kier molecular flexibility index (Phi) is 3.95. The highest BCUT2D eigenvalue weighted by Crippen LogP contribution is 2.36. The largest absolute Gasteiger partial charge is 0.304 e. The van der Waals surface area contributed by atoms with Crippen molar-refractivity contribution in [3.63, 3.8) is 0 Å². The zero-order valence-electron chi connectivity index (χ0n) is 7.83. The number of halogens is 1. The third-order valence-electron chi connectivity index (χ3n) is 2.33. The maximum Gasteiger partial charge on any atom is 0.246 e. The molecule has 0 saturated heterocycles. The van der Waals surface area contributed by atoms with Crippen LogP contribution in [0.5, 0.6) is 0 Å². The summed E-state index contributed by atoms with van der Waals surface area (Å²) >= 11 is 10.9. The molecule has 0 heterocycles. The normalized spacial score (nSPS) is 21.6. The van der Waals surface area contributed by atoms with E-state index in [0.717, 1.165) is 19.3 Å². The second kappa shape index (κ2) is 4.45. The van der Waals surface area contributed by atoms with E-state index in [-0.39, 0.29) is 5.91 Å². The monoisotopic (exact) mass is 255 g/mol. The molecule has 7 heteroatoms. The van der Waals surface area contributed by atoms with E-state index in [4.69, 9.17) is 34.4 Å². The molecular formula is C7H15ClN3OPS. The van der Waals surface area contributed by atoms with Gasteiger partial charge >= 0.3 is 0 Å². The predicted molar refractivity (Wildman–Crippen MR) is 62.5 cm³/mol. The fraction of sp³-hybridized carbons (Fsp3) is 0.857. The Hall–Kier alpha value is 0.330. The van der Waals surface area contributed by atoms with Crippen LogP contribution in [0.3, 0.4) is 0 Å². The second-order valence-corrected chi connectivity index (χ2v) is 7.85. The van der Waals surface area contributed by atoms with Crippen molar-refractivity contribution in [1.82, 2.24) is 5.09 Å². The van der Waals surface area contributed by atoms with Crippen LogP contribution in [-0.2, 0) is 16.6 Å². The van der Waals surface area contributed by atoms with Crippen LogP contribution in [0.2, 0.25) is 0 Å². The van der Waals surface area contributed by atoms with Crippen molar-refractivity contribution in [3.8, 4) is 0 Å². The molecule has 5 N–H and O–H groups in total. The lowest BCUT2D eigenvalue weighted by atomic mass is 9.88. The van der Waals surface area contributed by atoms with E-state index in [9.17, 15) is 4.79 Å². The summed E-state index contributed by atoms with van der Waals surface area (Å²) in [4.78, 5) is 10.9. The van der Waals surface area contributed by atoms with Crippen LogP contribution in [0.15, 0.2) is 0 Å². The number of carbonyl (C=O) groups excluding carboxylic acids is 1. The van der Waals surface area contributed by atoms with E-state index in [1.165, 1.54) is 0 Å². The van der Waals surface area contributed by atoms with Gasteiger partial charge in [-0.15, -0.1) is 11.6 Å². The fourth-order valence-electron chi connectivity index (χ4n) is 1.60. The van der Waals surface area contributed by atoms with Crippen molar-refractivity contribution in [2.24, 2.45) is 11.0 Å². The van der Waals surface area contributed by atoms with Gasteiger partial charge in [-0.25, -0.2) is 0 Å². The molecule has 0 radical (unpaired) electrons. The van der Waals surface area contributed by atoms with Gasteiger partial charge in [0.25, 0.3) is 0 Å². The summed E-state index contributed by atoms with van der Waals surface area (Å²) in [5.41, 5.74) is 10.8. The third kappa shape index (κ3) is 3.48. The molecule has 1 aliphatic rings. The molecule has 0 aromatic heterocycles. The molecule has 1 rings (SSSR count). The first-order valence-corrected chi connectivity index (χ1v) is 7.84. The molecule has 1 aliphatic carbocycles. The van der Waals surface area contributed by atoms with Crippen molar-refractivity contribution >= 4 is 35.8 Å². The van der Waals surface area contributed by atoms with Gasteiger partial charge in [0.15, 0.2) is 6.49 Å². The number of alkyl halides is 1. The van der Waals surface area contributed by atoms with Gasteiger partial charge in [-0.3, -0.25) is 15.8 Å².